The van der Waals surface area contributed by atoms with E-state index < -0.39 is 0 Å². The number of rotatable bonds is 7. The fraction of sp³-hybridized carbons (Fsp3) is 0.667. The first-order valence-electron chi connectivity index (χ1n) is 8.23. The van der Waals surface area contributed by atoms with Crippen LogP contribution in [0, 0.1) is 6.92 Å². The van der Waals surface area contributed by atoms with Crippen LogP contribution in [0.15, 0.2) is 24.3 Å². The van der Waals surface area contributed by atoms with Crippen LogP contribution in [-0.2, 0) is 4.74 Å². The molecule has 0 bridgehead atoms. The van der Waals surface area contributed by atoms with Crippen molar-refractivity contribution in [2.24, 2.45) is 0 Å². The molecule has 0 radical (unpaired) electrons. The van der Waals surface area contributed by atoms with E-state index >= 15 is 0 Å². The molecule has 1 aliphatic heterocycles. The quantitative estimate of drug-likeness (QED) is 0.835. The van der Waals surface area contributed by atoms with Crippen LogP contribution in [0.25, 0.3) is 0 Å². The SMILES string of the molecule is CCCNC(CN(C)C1CCOC1C)c1cccc(C)c1. The molecule has 1 aromatic carbocycles. The van der Waals surface area contributed by atoms with Gasteiger partial charge in [-0.15, -0.1) is 0 Å². The fourth-order valence-electron chi connectivity index (χ4n) is 3.22. The number of ether oxygens (including phenoxy) is 1. The van der Waals surface area contributed by atoms with Crippen LogP contribution < -0.4 is 5.32 Å². The molecule has 3 unspecified atom stereocenters. The smallest absolute Gasteiger partial charge is 0.0702 e. The number of benzene rings is 1. The first kappa shape index (κ1) is 16.5. The van der Waals surface area contributed by atoms with Gasteiger partial charge in [0, 0.05) is 25.2 Å². The topological polar surface area (TPSA) is 24.5 Å². The lowest BCUT2D eigenvalue weighted by atomic mass is 10.0. The van der Waals surface area contributed by atoms with E-state index in [4.69, 9.17) is 4.74 Å². The molecule has 1 heterocycles. The van der Waals surface area contributed by atoms with E-state index in [2.05, 4.69) is 62.3 Å². The van der Waals surface area contributed by atoms with Crippen molar-refractivity contribution in [3.05, 3.63) is 35.4 Å². The predicted molar refractivity (Wildman–Crippen MR) is 88.7 cm³/mol. The van der Waals surface area contributed by atoms with Crippen molar-refractivity contribution in [3.8, 4) is 0 Å². The Bertz CT molecular complexity index is 435. The van der Waals surface area contributed by atoms with Crippen molar-refractivity contribution < 1.29 is 4.74 Å². The molecule has 1 N–H and O–H groups in total. The Morgan fingerprint density at radius 1 is 1.43 bits per heavy atom. The molecular weight excluding hydrogens is 260 g/mol. The van der Waals surface area contributed by atoms with Crippen LogP contribution in [0.2, 0.25) is 0 Å². The summed E-state index contributed by atoms with van der Waals surface area (Å²) in [5.41, 5.74) is 2.72. The van der Waals surface area contributed by atoms with E-state index in [-0.39, 0.29) is 0 Å². The van der Waals surface area contributed by atoms with Gasteiger partial charge in [0.25, 0.3) is 0 Å². The summed E-state index contributed by atoms with van der Waals surface area (Å²) < 4.78 is 5.71. The van der Waals surface area contributed by atoms with Crippen molar-refractivity contribution in [1.29, 1.82) is 0 Å². The third-order valence-electron chi connectivity index (χ3n) is 4.46. The molecule has 2 rings (SSSR count). The Morgan fingerprint density at radius 3 is 2.86 bits per heavy atom. The minimum absolute atomic E-state index is 0.347. The zero-order chi connectivity index (χ0) is 15.2. The molecule has 0 spiro atoms. The van der Waals surface area contributed by atoms with Gasteiger partial charge in [-0.05, 0) is 45.8 Å². The second-order valence-corrected chi connectivity index (χ2v) is 6.29. The van der Waals surface area contributed by atoms with Gasteiger partial charge in [0.1, 0.15) is 0 Å². The highest BCUT2D eigenvalue weighted by Gasteiger charge is 2.29. The van der Waals surface area contributed by atoms with Crippen LogP contribution in [0.4, 0.5) is 0 Å². The third-order valence-corrected chi connectivity index (χ3v) is 4.46. The Hall–Kier alpha value is -0.900. The molecule has 21 heavy (non-hydrogen) atoms. The van der Waals surface area contributed by atoms with E-state index in [1.54, 1.807) is 0 Å². The van der Waals surface area contributed by atoms with Crippen LogP contribution in [-0.4, -0.2) is 43.8 Å². The second-order valence-electron chi connectivity index (χ2n) is 6.29. The van der Waals surface area contributed by atoms with Crippen molar-refractivity contribution in [2.45, 2.75) is 51.8 Å². The van der Waals surface area contributed by atoms with Crippen molar-refractivity contribution in [2.75, 3.05) is 26.7 Å². The summed E-state index contributed by atoms with van der Waals surface area (Å²) in [6, 6.07) is 9.80. The average molecular weight is 290 g/mol. The Labute approximate surface area is 129 Å². The van der Waals surface area contributed by atoms with Gasteiger partial charge >= 0.3 is 0 Å². The lowest BCUT2D eigenvalue weighted by molar-refractivity contribution is 0.0803. The van der Waals surface area contributed by atoms with Gasteiger partial charge in [-0.2, -0.15) is 0 Å². The number of hydrogen-bond acceptors (Lipinski definition) is 3. The molecule has 1 aromatic rings. The largest absolute Gasteiger partial charge is 0.377 e. The van der Waals surface area contributed by atoms with Crippen molar-refractivity contribution in [3.63, 3.8) is 0 Å². The molecule has 1 aliphatic rings. The summed E-state index contributed by atoms with van der Waals surface area (Å²) >= 11 is 0. The number of hydrogen-bond donors (Lipinski definition) is 1. The highest BCUT2D eigenvalue weighted by molar-refractivity contribution is 5.25. The normalized spacial score (nSPS) is 23.7. The van der Waals surface area contributed by atoms with E-state index in [0.717, 1.165) is 32.5 Å². The summed E-state index contributed by atoms with van der Waals surface area (Å²) in [4.78, 5) is 2.47. The minimum Gasteiger partial charge on any atom is -0.377 e. The van der Waals surface area contributed by atoms with Crippen LogP contribution in [0.1, 0.15) is 43.9 Å². The van der Waals surface area contributed by atoms with Crippen molar-refractivity contribution in [1.82, 2.24) is 10.2 Å². The standard InChI is InChI=1S/C18H30N2O/c1-5-10-19-17(16-8-6-7-14(2)12-16)13-20(4)18-9-11-21-15(18)3/h6-8,12,15,17-19H,5,9-11,13H2,1-4H3. The van der Waals surface area contributed by atoms with E-state index in [1.165, 1.54) is 11.1 Å². The van der Waals surface area contributed by atoms with Crippen LogP contribution in [0.5, 0.6) is 0 Å². The summed E-state index contributed by atoms with van der Waals surface area (Å²) in [5, 5.41) is 3.70. The van der Waals surface area contributed by atoms with Crippen LogP contribution >= 0.6 is 0 Å². The van der Waals surface area contributed by atoms with Gasteiger partial charge in [-0.1, -0.05) is 36.8 Å². The lowest BCUT2D eigenvalue weighted by Gasteiger charge is -2.31. The maximum atomic E-state index is 5.71. The zero-order valence-electron chi connectivity index (χ0n) is 13.9. The average Bonchev–Trinajstić information content (AvgIpc) is 2.89. The van der Waals surface area contributed by atoms with E-state index in [0.29, 0.717) is 18.2 Å². The van der Waals surface area contributed by atoms with Gasteiger partial charge in [0.05, 0.1) is 6.10 Å². The summed E-state index contributed by atoms with van der Waals surface area (Å²) in [6.07, 6.45) is 2.65. The molecule has 0 aliphatic carbocycles. The number of nitrogens with zero attached hydrogens (tertiary/aromatic N) is 1. The van der Waals surface area contributed by atoms with E-state index in [1.807, 2.05) is 0 Å². The summed E-state index contributed by atoms with van der Waals surface area (Å²) in [7, 11) is 2.23. The van der Waals surface area contributed by atoms with Gasteiger partial charge in [0.15, 0.2) is 0 Å². The molecule has 3 heteroatoms. The summed E-state index contributed by atoms with van der Waals surface area (Å²) in [5.74, 6) is 0. The molecule has 118 valence electrons. The monoisotopic (exact) mass is 290 g/mol. The van der Waals surface area contributed by atoms with E-state index in [9.17, 15) is 0 Å². The van der Waals surface area contributed by atoms with Gasteiger partial charge < -0.3 is 10.1 Å². The van der Waals surface area contributed by atoms with Gasteiger partial charge in [0.2, 0.25) is 0 Å². The minimum atomic E-state index is 0.347. The molecular formula is C18H30N2O. The number of nitrogens with one attached hydrogen (secondary N) is 1. The Kier molecular flexibility index (Phi) is 6.22. The summed E-state index contributed by atoms with van der Waals surface area (Å²) in [6.45, 7) is 9.56. The maximum absolute atomic E-state index is 5.71. The predicted octanol–water partition coefficient (Wildman–Crippen LogP) is 3.14. The first-order valence-corrected chi connectivity index (χ1v) is 8.23. The molecule has 0 saturated carbocycles. The number of likely N-dealkylation sites (N-methyl/N-ethyl adjacent to an activating group) is 1. The molecule has 1 fully saturated rings. The zero-order valence-corrected chi connectivity index (χ0v) is 13.9. The molecule has 0 aromatic heterocycles. The van der Waals surface area contributed by atoms with Gasteiger partial charge in [-0.3, -0.25) is 4.90 Å². The third kappa shape index (κ3) is 4.53. The molecule has 3 nitrogen and oxygen atoms in total. The lowest BCUT2D eigenvalue weighted by Crippen LogP contribution is -2.42. The number of aryl methyl sites for hydroxylation is 1. The highest BCUT2D eigenvalue weighted by atomic mass is 16.5. The highest BCUT2D eigenvalue weighted by Crippen LogP contribution is 2.22. The Balaban J connectivity index is 2.05. The molecule has 0 amide bonds. The second kappa shape index (κ2) is 7.92. The molecule has 1 saturated heterocycles. The maximum Gasteiger partial charge on any atom is 0.0702 e. The fourth-order valence-corrected chi connectivity index (χ4v) is 3.22. The first-order chi connectivity index (χ1) is 10.1. The molecule has 3 atom stereocenters. The van der Waals surface area contributed by atoms with Crippen molar-refractivity contribution >= 4 is 0 Å². The Morgan fingerprint density at radius 2 is 2.24 bits per heavy atom. The van der Waals surface area contributed by atoms with Crippen LogP contribution in [0.3, 0.4) is 0 Å². The van der Waals surface area contributed by atoms with Gasteiger partial charge in [-0.25, -0.2) is 0 Å².